The quantitative estimate of drug-likeness (QED) is 0.638. The van der Waals surface area contributed by atoms with E-state index < -0.39 is 0 Å². The van der Waals surface area contributed by atoms with Crippen LogP contribution in [0.1, 0.15) is 91.9 Å². The molecule has 4 nitrogen and oxygen atoms in total. The van der Waals surface area contributed by atoms with Crippen molar-refractivity contribution in [2.45, 2.75) is 84.0 Å². The van der Waals surface area contributed by atoms with Gasteiger partial charge in [-0.3, -0.25) is 4.79 Å². The topological polar surface area (TPSA) is 55.4 Å². The molecule has 1 heterocycles. The van der Waals surface area contributed by atoms with Gasteiger partial charge < -0.3 is 10.1 Å². The summed E-state index contributed by atoms with van der Waals surface area (Å²) in [5.74, 6) is 2.13. The van der Waals surface area contributed by atoms with Crippen molar-refractivity contribution >= 4 is 28.2 Å². The van der Waals surface area contributed by atoms with E-state index in [9.17, 15) is 9.59 Å². The maximum Gasteiger partial charge on any atom is 0.341 e. The van der Waals surface area contributed by atoms with Crippen LogP contribution in [0.3, 0.4) is 0 Å². The molecule has 0 aliphatic heterocycles. The second kappa shape index (κ2) is 7.72. The fraction of sp³-hybridized carbons (Fsp3) is 0.750. The smallest absolute Gasteiger partial charge is 0.341 e. The second-order valence-electron chi connectivity index (χ2n) is 9.99. The van der Waals surface area contributed by atoms with E-state index >= 15 is 0 Å². The zero-order valence-electron chi connectivity index (χ0n) is 17.6. The Morgan fingerprint density at radius 1 is 1.00 bits per heavy atom. The molecule has 4 fully saturated rings. The fourth-order valence-corrected chi connectivity index (χ4v) is 8.32. The number of carbonyl (C=O) groups excluding carboxylic acids is 2. The van der Waals surface area contributed by atoms with Gasteiger partial charge in [-0.15, -0.1) is 11.3 Å². The van der Waals surface area contributed by atoms with E-state index in [1.807, 2.05) is 6.92 Å². The van der Waals surface area contributed by atoms with Crippen molar-refractivity contribution < 1.29 is 14.3 Å². The minimum atomic E-state index is -0.258. The van der Waals surface area contributed by atoms with Gasteiger partial charge in [0.25, 0.3) is 0 Å². The molecule has 5 aliphatic carbocycles. The summed E-state index contributed by atoms with van der Waals surface area (Å²) in [4.78, 5) is 27.7. The molecule has 1 N–H and O–H groups in total. The lowest BCUT2D eigenvalue weighted by Crippen LogP contribution is -2.51. The first-order chi connectivity index (χ1) is 14.1. The molecule has 29 heavy (non-hydrogen) atoms. The molecule has 1 amide bonds. The summed E-state index contributed by atoms with van der Waals surface area (Å²) in [6.07, 6.45) is 13.8. The Kier molecular flexibility index (Phi) is 5.21. The highest BCUT2D eigenvalue weighted by Crippen LogP contribution is 2.60. The third-order valence-corrected chi connectivity index (χ3v) is 9.11. The number of carbonyl (C=O) groups is 2. The summed E-state index contributed by atoms with van der Waals surface area (Å²) in [7, 11) is 0. The van der Waals surface area contributed by atoms with Gasteiger partial charge in [-0.1, -0.05) is 12.8 Å². The SMILES string of the molecule is CCOC(=O)c1c(NC(=O)C23CC4CC(CC(C4)C2)C3)sc2c1CCCCCC2. The van der Waals surface area contributed by atoms with E-state index in [2.05, 4.69) is 5.32 Å². The zero-order chi connectivity index (χ0) is 20.0. The number of ether oxygens (including phenoxy) is 1. The number of rotatable bonds is 4. The Bertz CT molecular complexity index is 776. The molecule has 0 atom stereocenters. The van der Waals surface area contributed by atoms with Crippen molar-refractivity contribution in [2.24, 2.45) is 23.2 Å². The number of amides is 1. The molecule has 158 valence electrons. The molecule has 0 radical (unpaired) electrons. The predicted octanol–water partition coefficient (Wildman–Crippen LogP) is 5.74. The van der Waals surface area contributed by atoms with Crippen molar-refractivity contribution in [1.82, 2.24) is 0 Å². The van der Waals surface area contributed by atoms with Crippen LogP contribution in [-0.2, 0) is 22.4 Å². The van der Waals surface area contributed by atoms with Crippen LogP contribution in [-0.4, -0.2) is 18.5 Å². The van der Waals surface area contributed by atoms with Gasteiger partial charge in [0.15, 0.2) is 0 Å². The summed E-state index contributed by atoms with van der Waals surface area (Å²) < 4.78 is 5.41. The molecule has 6 rings (SSSR count). The van der Waals surface area contributed by atoms with Gasteiger partial charge in [0.1, 0.15) is 5.00 Å². The molecule has 5 aliphatic rings. The summed E-state index contributed by atoms with van der Waals surface area (Å²) >= 11 is 1.64. The molecule has 1 aromatic heterocycles. The zero-order valence-corrected chi connectivity index (χ0v) is 18.4. The van der Waals surface area contributed by atoms with Crippen LogP contribution >= 0.6 is 11.3 Å². The van der Waals surface area contributed by atoms with Crippen molar-refractivity contribution in [1.29, 1.82) is 0 Å². The monoisotopic (exact) mass is 415 g/mol. The van der Waals surface area contributed by atoms with E-state index in [-0.39, 0.29) is 17.3 Å². The summed E-state index contributed by atoms with van der Waals surface area (Å²) in [6.45, 7) is 2.22. The highest BCUT2D eigenvalue weighted by molar-refractivity contribution is 7.17. The Balaban J connectivity index is 1.45. The minimum Gasteiger partial charge on any atom is -0.462 e. The standard InChI is InChI=1S/C24H33NO3S/c1-2-28-22(26)20-18-7-5-3-4-6-8-19(18)29-21(20)25-23(27)24-12-15-9-16(13-24)11-17(10-15)14-24/h15-17H,2-14H2,1H3,(H,25,27). The van der Waals surface area contributed by atoms with Crippen molar-refractivity contribution in [3.05, 3.63) is 16.0 Å². The van der Waals surface area contributed by atoms with Crippen LogP contribution in [0.15, 0.2) is 0 Å². The highest BCUT2D eigenvalue weighted by atomic mass is 32.1. The number of thiophene rings is 1. The normalized spacial score (nSPS) is 32.9. The summed E-state index contributed by atoms with van der Waals surface area (Å²) in [5.41, 5.74) is 1.61. The predicted molar refractivity (Wildman–Crippen MR) is 115 cm³/mol. The molecular formula is C24H33NO3S. The summed E-state index contributed by atoms with van der Waals surface area (Å²) in [6, 6.07) is 0. The Morgan fingerprint density at radius 2 is 1.62 bits per heavy atom. The molecule has 0 spiro atoms. The summed E-state index contributed by atoms with van der Waals surface area (Å²) in [5, 5.41) is 4.04. The molecule has 4 saturated carbocycles. The van der Waals surface area contributed by atoms with Gasteiger partial charge in [-0.2, -0.15) is 0 Å². The van der Waals surface area contributed by atoms with Crippen molar-refractivity contribution in [3.63, 3.8) is 0 Å². The molecule has 0 saturated heterocycles. The van der Waals surface area contributed by atoms with Crippen LogP contribution in [0.5, 0.6) is 0 Å². The molecular weight excluding hydrogens is 382 g/mol. The number of nitrogens with one attached hydrogen (secondary N) is 1. The lowest BCUT2D eigenvalue weighted by molar-refractivity contribution is -0.140. The van der Waals surface area contributed by atoms with Crippen LogP contribution < -0.4 is 5.32 Å². The van der Waals surface area contributed by atoms with Gasteiger partial charge >= 0.3 is 5.97 Å². The first-order valence-electron chi connectivity index (χ1n) is 11.7. The van der Waals surface area contributed by atoms with Gasteiger partial charge in [0.05, 0.1) is 17.6 Å². The average Bonchev–Trinajstić information content (AvgIpc) is 2.97. The van der Waals surface area contributed by atoms with E-state index in [1.165, 1.54) is 37.0 Å². The average molecular weight is 416 g/mol. The highest BCUT2D eigenvalue weighted by Gasteiger charge is 2.54. The Morgan fingerprint density at radius 3 is 2.24 bits per heavy atom. The maximum atomic E-state index is 13.6. The van der Waals surface area contributed by atoms with Gasteiger partial charge in [-0.25, -0.2) is 4.79 Å². The second-order valence-corrected chi connectivity index (χ2v) is 11.1. The fourth-order valence-electron chi connectivity index (χ4n) is 7.05. The minimum absolute atomic E-state index is 0.177. The number of esters is 1. The largest absolute Gasteiger partial charge is 0.462 e. The Labute approximate surface area is 177 Å². The molecule has 1 aromatic rings. The molecule has 0 unspecified atom stereocenters. The molecule has 0 aromatic carbocycles. The number of aryl methyl sites for hydroxylation is 1. The van der Waals surface area contributed by atoms with Crippen LogP contribution in [0.25, 0.3) is 0 Å². The molecule has 4 bridgehead atoms. The van der Waals surface area contributed by atoms with Gasteiger partial charge in [0, 0.05) is 4.88 Å². The van der Waals surface area contributed by atoms with Crippen LogP contribution in [0.2, 0.25) is 0 Å². The maximum absolute atomic E-state index is 13.6. The number of hydrogen-bond donors (Lipinski definition) is 1. The van der Waals surface area contributed by atoms with Gasteiger partial charge in [-0.05, 0) is 94.4 Å². The van der Waals surface area contributed by atoms with E-state index in [0.717, 1.165) is 73.3 Å². The first kappa shape index (κ1) is 19.6. The van der Waals surface area contributed by atoms with Gasteiger partial charge in [0.2, 0.25) is 5.91 Å². The number of hydrogen-bond acceptors (Lipinski definition) is 4. The van der Waals surface area contributed by atoms with E-state index in [1.54, 1.807) is 11.3 Å². The van der Waals surface area contributed by atoms with Crippen LogP contribution in [0.4, 0.5) is 5.00 Å². The van der Waals surface area contributed by atoms with E-state index in [0.29, 0.717) is 12.2 Å². The first-order valence-corrected chi connectivity index (χ1v) is 12.5. The van der Waals surface area contributed by atoms with E-state index in [4.69, 9.17) is 4.74 Å². The van der Waals surface area contributed by atoms with Crippen molar-refractivity contribution in [3.8, 4) is 0 Å². The number of anilines is 1. The Hall–Kier alpha value is -1.36. The van der Waals surface area contributed by atoms with Crippen molar-refractivity contribution in [2.75, 3.05) is 11.9 Å². The third-order valence-electron chi connectivity index (χ3n) is 7.90. The lowest BCUT2D eigenvalue weighted by Gasteiger charge is -2.55. The lowest BCUT2D eigenvalue weighted by atomic mass is 9.49. The number of fused-ring (bicyclic) bond motifs is 1. The van der Waals surface area contributed by atoms with Crippen LogP contribution in [0, 0.1) is 23.2 Å². The molecule has 5 heteroatoms. The third kappa shape index (κ3) is 3.54.